The van der Waals surface area contributed by atoms with Gasteiger partial charge in [0.25, 0.3) is 0 Å². The first-order valence-corrected chi connectivity index (χ1v) is 5.53. The second-order valence-electron chi connectivity index (χ2n) is 3.01. The van der Waals surface area contributed by atoms with Crippen LogP contribution in [-0.4, -0.2) is 16.6 Å². The molecule has 4 nitrogen and oxygen atoms in total. The second kappa shape index (κ2) is 5.67. The summed E-state index contributed by atoms with van der Waals surface area (Å²) in [7, 11) is 0. The average molecular weight is 237 g/mol. The largest absolute Gasteiger partial charge is 0.392 e. The molecule has 2 rings (SSSR count). The summed E-state index contributed by atoms with van der Waals surface area (Å²) in [6.45, 7) is 2.65. The number of nitrogens with zero attached hydrogens (tertiary/aromatic N) is 3. The highest BCUT2D eigenvalue weighted by Gasteiger charge is 2.03. The van der Waals surface area contributed by atoms with Crippen LogP contribution in [0.2, 0.25) is 0 Å². The standard InChI is InChI=1S/C10H11N3OS.CH4/c1-2-11-13-10-12-8-4-3-7(6-14)5-9(8)15-10;/h3-5,14H,2,6H2,1H3;1H4. The lowest BCUT2D eigenvalue weighted by Crippen LogP contribution is -1.80. The number of aliphatic hydroxyl groups excluding tert-OH is 1. The molecule has 0 saturated carbocycles. The zero-order valence-electron chi connectivity index (χ0n) is 8.34. The third kappa shape index (κ3) is 2.62. The number of thiazole rings is 1. The molecule has 0 atom stereocenters. The number of aromatic nitrogens is 1. The molecule has 0 aliphatic heterocycles. The molecular formula is C11H15N3OS. The van der Waals surface area contributed by atoms with Crippen molar-refractivity contribution in [2.24, 2.45) is 10.2 Å². The third-order valence-corrected chi connectivity index (χ3v) is 2.82. The van der Waals surface area contributed by atoms with E-state index in [0.717, 1.165) is 15.8 Å². The molecular weight excluding hydrogens is 222 g/mol. The summed E-state index contributed by atoms with van der Waals surface area (Å²) in [6.07, 6.45) is 0. The van der Waals surface area contributed by atoms with Crippen LogP contribution in [0.4, 0.5) is 5.13 Å². The summed E-state index contributed by atoms with van der Waals surface area (Å²) in [4.78, 5) is 4.30. The first kappa shape index (κ1) is 12.7. The number of hydrogen-bond donors (Lipinski definition) is 1. The Kier molecular flexibility index (Phi) is 4.52. The molecule has 16 heavy (non-hydrogen) atoms. The number of fused-ring (bicyclic) bond motifs is 1. The topological polar surface area (TPSA) is 57.8 Å². The summed E-state index contributed by atoms with van der Waals surface area (Å²) in [5.41, 5.74) is 1.80. The van der Waals surface area contributed by atoms with Crippen LogP contribution in [0.3, 0.4) is 0 Å². The highest BCUT2D eigenvalue weighted by Crippen LogP contribution is 2.28. The van der Waals surface area contributed by atoms with Crippen molar-refractivity contribution < 1.29 is 5.11 Å². The van der Waals surface area contributed by atoms with Crippen LogP contribution < -0.4 is 0 Å². The fourth-order valence-electron chi connectivity index (χ4n) is 1.23. The van der Waals surface area contributed by atoms with E-state index in [0.29, 0.717) is 11.7 Å². The van der Waals surface area contributed by atoms with Gasteiger partial charge in [-0.1, -0.05) is 24.8 Å². The number of azo groups is 1. The Morgan fingerprint density at radius 3 is 2.94 bits per heavy atom. The van der Waals surface area contributed by atoms with Crippen molar-refractivity contribution in [1.82, 2.24) is 4.98 Å². The van der Waals surface area contributed by atoms with Crippen molar-refractivity contribution in [3.8, 4) is 0 Å². The molecule has 0 unspecified atom stereocenters. The van der Waals surface area contributed by atoms with Crippen molar-refractivity contribution in [3.05, 3.63) is 23.8 Å². The molecule has 0 amide bonds. The molecule has 0 fully saturated rings. The van der Waals surface area contributed by atoms with Crippen LogP contribution in [0.5, 0.6) is 0 Å². The summed E-state index contributed by atoms with van der Waals surface area (Å²) in [5, 5.41) is 17.5. The Morgan fingerprint density at radius 2 is 2.25 bits per heavy atom. The molecule has 1 N–H and O–H groups in total. The lowest BCUT2D eigenvalue weighted by molar-refractivity contribution is 0.282. The Labute approximate surface area is 98.7 Å². The average Bonchev–Trinajstić information content (AvgIpc) is 2.67. The predicted molar refractivity (Wildman–Crippen MR) is 67.3 cm³/mol. The van der Waals surface area contributed by atoms with E-state index in [9.17, 15) is 0 Å². The minimum Gasteiger partial charge on any atom is -0.392 e. The summed E-state index contributed by atoms with van der Waals surface area (Å²) in [5.74, 6) is 0. The number of benzene rings is 1. The maximum absolute atomic E-state index is 8.99. The second-order valence-corrected chi connectivity index (χ2v) is 4.02. The maximum Gasteiger partial charge on any atom is 0.230 e. The van der Waals surface area contributed by atoms with E-state index in [-0.39, 0.29) is 14.0 Å². The first-order valence-electron chi connectivity index (χ1n) is 4.71. The lowest BCUT2D eigenvalue weighted by Gasteiger charge is -1.92. The van der Waals surface area contributed by atoms with Gasteiger partial charge in [-0.25, -0.2) is 4.98 Å². The zero-order chi connectivity index (χ0) is 10.7. The highest BCUT2D eigenvalue weighted by molar-refractivity contribution is 7.21. The van der Waals surface area contributed by atoms with Crippen LogP contribution in [0.25, 0.3) is 10.2 Å². The Hall–Kier alpha value is -1.33. The number of aliphatic hydroxyl groups is 1. The molecule has 1 aromatic carbocycles. The summed E-state index contributed by atoms with van der Waals surface area (Å²) >= 11 is 1.48. The first-order chi connectivity index (χ1) is 7.33. The maximum atomic E-state index is 8.99. The van der Waals surface area contributed by atoms with Gasteiger partial charge in [-0.15, -0.1) is 5.11 Å². The molecule has 1 aromatic heterocycles. The fraction of sp³-hybridized carbons (Fsp3) is 0.364. The molecule has 0 aliphatic rings. The monoisotopic (exact) mass is 237 g/mol. The van der Waals surface area contributed by atoms with E-state index < -0.39 is 0 Å². The fourth-order valence-corrected chi connectivity index (χ4v) is 2.10. The molecule has 0 bridgehead atoms. The van der Waals surface area contributed by atoms with Gasteiger partial charge in [-0.2, -0.15) is 5.11 Å². The van der Waals surface area contributed by atoms with Gasteiger partial charge >= 0.3 is 0 Å². The van der Waals surface area contributed by atoms with Crippen LogP contribution >= 0.6 is 11.3 Å². The molecule has 86 valence electrons. The summed E-state index contributed by atoms with van der Waals surface area (Å²) < 4.78 is 1.03. The van der Waals surface area contributed by atoms with Crippen LogP contribution in [0, 0.1) is 0 Å². The number of hydrogen-bond acceptors (Lipinski definition) is 5. The van der Waals surface area contributed by atoms with Gasteiger partial charge in [0.15, 0.2) is 0 Å². The molecule has 5 heteroatoms. The zero-order valence-corrected chi connectivity index (χ0v) is 9.16. The predicted octanol–water partition coefficient (Wildman–Crippen LogP) is 3.53. The minimum absolute atomic E-state index is 0. The Morgan fingerprint density at radius 1 is 1.44 bits per heavy atom. The van der Waals surface area contributed by atoms with E-state index in [2.05, 4.69) is 15.2 Å². The van der Waals surface area contributed by atoms with Gasteiger partial charge in [-0.3, -0.25) is 0 Å². The Balaban J connectivity index is 0.00000128. The SMILES string of the molecule is C.CCN=Nc1nc2ccc(CO)cc2s1. The van der Waals surface area contributed by atoms with Gasteiger partial charge in [-0.05, 0) is 24.6 Å². The van der Waals surface area contributed by atoms with Crippen molar-refractivity contribution in [1.29, 1.82) is 0 Å². The van der Waals surface area contributed by atoms with E-state index in [1.165, 1.54) is 11.3 Å². The summed E-state index contributed by atoms with van der Waals surface area (Å²) in [6, 6.07) is 5.68. The van der Waals surface area contributed by atoms with Crippen LogP contribution in [0.1, 0.15) is 19.9 Å². The molecule has 2 aromatic rings. The molecule has 0 aliphatic carbocycles. The van der Waals surface area contributed by atoms with Crippen molar-refractivity contribution in [2.45, 2.75) is 21.0 Å². The third-order valence-electron chi connectivity index (χ3n) is 1.92. The quantitative estimate of drug-likeness (QED) is 0.830. The van der Waals surface area contributed by atoms with Crippen LogP contribution in [-0.2, 0) is 6.61 Å². The van der Waals surface area contributed by atoms with Crippen molar-refractivity contribution in [3.63, 3.8) is 0 Å². The van der Waals surface area contributed by atoms with Crippen molar-refractivity contribution >= 4 is 26.7 Å². The lowest BCUT2D eigenvalue weighted by atomic mass is 10.2. The smallest absolute Gasteiger partial charge is 0.230 e. The Bertz CT molecular complexity index is 493. The van der Waals surface area contributed by atoms with Crippen molar-refractivity contribution in [2.75, 3.05) is 6.54 Å². The minimum atomic E-state index is 0. The van der Waals surface area contributed by atoms with Crippen LogP contribution in [0.15, 0.2) is 28.4 Å². The van der Waals surface area contributed by atoms with E-state index in [4.69, 9.17) is 5.11 Å². The van der Waals surface area contributed by atoms with E-state index in [1.807, 2.05) is 25.1 Å². The normalized spacial score (nSPS) is 10.9. The molecule has 0 saturated heterocycles. The molecule has 0 radical (unpaired) electrons. The molecule has 1 heterocycles. The molecule has 0 spiro atoms. The highest BCUT2D eigenvalue weighted by atomic mass is 32.1. The van der Waals surface area contributed by atoms with Gasteiger partial charge in [0.2, 0.25) is 5.13 Å². The van der Waals surface area contributed by atoms with E-state index in [1.54, 1.807) is 0 Å². The number of rotatable bonds is 3. The van der Waals surface area contributed by atoms with Gasteiger partial charge in [0, 0.05) is 0 Å². The van der Waals surface area contributed by atoms with E-state index >= 15 is 0 Å². The van der Waals surface area contributed by atoms with Gasteiger partial charge in [0.1, 0.15) is 0 Å². The van der Waals surface area contributed by atoms with Gasteiger partial charge < -0.3 is 5.11 Å². The van der Waals surface area contributed by atoms with Gasteiger partial charge in [0.05, 0.1) is 23.4 Å².